The van der Waals surface area contributed by atoms with E-state index in [-0.39, 0.29) is 18.5 Å². The van der Waals surface area contributed by atoms with Crippen LogP contribution < -0.4 is 5.32 Å². The van der Waals surface area contributed by atoms with Crippen molar-refractivity contribution in [2.45, 2.75) is 75.9 Å². The number of aromatic nitrogens is 2. The van der Waals surface area contributed by atoms with Crippen molar-refractivity contribution in [3.63, 3.8) is 0 Å². The number of carbonyl (C=O) groups is 2. The molecule has 1 amide bonds. The fourth-order valence-corrected chi connectivity index (χ4v) is 6.77. The minimum Gasteiger partial charge on any atom is -0.455 e. The molecule has 28 heavy (non-hydrogen) atoms. The Kier molecular flexibility index (Phi) is 4.27. The van der Waals surface area contributed by atoms with Gasteiger partial charge in [0.05, 0.1) is 23.3 Å². The molecule has 5 saturated carbocycles. The Morgan fingerprint density at radius 3 is 2.61 bits per heavy atom. The molecule has 0 saturated heterocycles. The van der Waals surface area contributed by atoms with Crippen molar-refractivity contribution >= 4 is 17.7 Å². The molecule has 1 heterocycles. The van der Waals surface area contributed by atoms with Crippen LogP contribution >= 0.6 is 0 Å². The van der Waals surface area contributed by atoms with Crippen molar-refractivity contribution in [1.82, 2.24) is 9.78 Å². The summed E-state index contributed by atoms with van der Waals surface area (Å²) in [4.78, 5) is 25.3. The van der Waals surface area contributed by atoms with Crippen LogP contribution in [0.5, 0.6) is 0 Å². The normalized spacial score (nSPS) is 36.6. The lowest BCUT2D eigenvalue weighted by Gasteiger charge is -2.58. The maximum absolute atomic E-state index is 12.9. The topological polar surface area (TPSA) is 93.5 Å². The van der Waals surface area contributed by atoms with Gasteiger partial charge in [0.25, 0.3) is 5.91 Å². The second kappa shape index (κ2) is 6.58. The molecular formula is C21H29N3O4. The van der Waals surface area contributed by atoms with Gasteiger partial charge in [-0.05, 0) is 63.2 Å². The molecule has 0 aromatic carbocycles. The quantitative estimate of drug-likeness (QED) is 0.758. The van der Waals surface area contributed by atoms with Gasteiger partial charge >= 0.3 is 5.97 Å². The first-order valence-corrected chi connectivity index (χ1v) is 10.7. The summed E-state index contributed by atoms with van der Waals surface area (Å²) in [6, 6.07) is 2.12. The smallest absolute Gasteiger partial charge is 0.312 e. The van der Waals surface area contributed by atoms with Crippen molar-refractivity contribution in [3.8, 4) is 0 Å². The van der Waals surface area contributed by atoms with E-state index < -0.39 is 11.0 Å². The van der Waals surface area contributed by atoms with Gasteiger partial charge in [0, 0.05) is 6.07 Å². The molecule has 0 spiro atoms. The van der Waals surface area contributed by atoms with Crippen molar-refractivity contribution < 1.29 is 19.4 Å². The summed E-state index contributed by atoms with van der Waals surface area (Å²) in [7, 11) is 0. The van der Waals surface area contributed by atoms with E-state index in [1.54, 1.807) is 12.3 Å². The van der Waals surface area contributed by atoms with Crippen molar-refractivity contribution in [1.29, 1.82) is 0 Å². The highest BCUT2D eigenvalue weighted by Crippen LogP contribution is 2.61. The standard InChI is InChI=1S/C21H29N3O4/c25-18(23-17-5-6-22-24(17)16-3-1-2-4-16)12-28-19(26)20-8-14-7-15(9-20)11-21(27,10-14)13-20/h5-6,14-16,27H,1-4,7-13H2,(H,23,25)/t14-,15+,20?,21?. The Balaban J connectivity index is 1.20. The van der Waals surface area contributed by atoms with Gasteiger partial charge in [0.1, 0.15) is 5.82 Å². The summed E-state index contributed by atoms with van der Waals surface area (Å²) in [6.45, 7) is -0.288. The lowest BCUT2D eigenvalue weighted by atomic mass is 9.48. The average molecular weight is 387 g/mol. The molecular weight excluding hydrogens is 358 g/mol. The summed E-state index contributed by atoms with van der Waals surface area (Å²) in [5.74, 6) is 0.842. The predicted octanol–water partition coefficient (Wildman–Crippen LogP) is 2.81. The Morgan fingerprint density at radius 2 is 1.93 bits per heavy atom. The van der Waals surface area contributed by atoms with Crippen LogP contribution in [0.25, 0.3) is 0 Å². The van der Waals surface area contributed by atoms with Crippen LogP contribution in [-0.4, -0.2) is 39.0 Å². The SMILES string of the molecule is O=C(COC(=O)C12C[C@@H]3C[C@@H](CC(O)(C3)C1)C2)Nc1ccnn1C1CCCC1. The van der Waals surface area contributed by atoms with E-state index >= 15 is 0 Å². The van der Waals surface area contributed by atoms with Gasteiger partial charge in [-0.1, -0.05) is 12.8 Å². The lowest BCUT2D eigenvalue weighted by molar-refractivity contribution is -0.196. The Hall–Kier alpha value is -1.89. The molecule has 152 valence electrons. The molecule has 5 fully saturated rings. The van der Waals surface area contributed by atoms with Gasteiger partial charge in [-0.3, -0.25) is 9.59 Å². The second-order valence-electron chi connectivity index (χ2n) is 9.69. The van der Waals surface area contributed by atoms with Crippen molar-refractivity contribution in [2.75, 3.05) is 11.9 Å². The van der Waals surface area contributed by atoms with E-state index in [1.165, 1.54) is 12.8 Å². The van der Waals surface area contributed by atoms with Gasteiger partial charge < -0.3 is 15.2 Å². The largest absolute Gasteiger partial charge is 0.455 e. The average Bonchev–Trinajstić information content (AvgIpc) is 3.28. The van der Waals surface area contributed by atoms with Crippen LogP contribution in [0.2, 0.25) is 0 Å². The maximum Gasteiger partial charge on any atom is 0.312 e. The van der Waals surface area contributed by atoms with Crippen LogP contribution in [0.1, 0.15) is 70.3 Å². The first-order chi connectivity index (χ1) is 13.4. The van der Waals surface area contributed by atoms with E-state index in [0.29, 0.717) is 30.1 Å². The Labute approximate surface area is 164 Å². The van der Waals surface area contributed by atoms with E-state index in [1.807, 2.05) is 4.68 Å². The molecule has 2 N–H and O–H groups in total. The van der Waals surface area contributed by atoms with Crippen LogP contribution in [0, 0.1) is 17.3 Å². The predicted molar refractivity (Wildman–Crippen MR) is 101 cm³/mol. The van der Waals surface area contributed by atoms with Gasteiger partial charge in [-0.15, -0.1) is 0 Å². The number of rotatable bonds is 5. The number of amides is 1. The molecule has 4 bridgehead atoms. The van der Waals surface area contributed by atoms with Crippen LogP contribution in [0.4, 0.5) is 5.82 Å². The van der Waals surface area contributed by atoms with Gasteiger partial charge in [0.15, 0.2) is 6.61 Å². The Bertz CT molecular complexity index is 768. The monoisotopic (exact) mass is 387 g/mol. The molecule has 0 radical (unpaired) electrons. The van der Waals surface area contributed by atoms with Crippen LogP contribution in [0.15, 0.2) is 12.3 Å². The summed E-state index contributed by atoms with van der Waals surface area (Å²) >= 11 is 0. The number of anilines is 1. The molecule has 7 nitrogen and oxygen atoms in total. The second-order valence-corrected chi connectivity index (χ2v) is 9.69. The van der Waals surface area contributed by atoms with Crippen molar-refractivity contribution in [3.05, 3.63) is 12.3 Å². The molecule has 2 unspecified atom stereocenters. The van der Waals surface area contributed by atoms with E-state index in [9.17, 15) is 14.7 Å². The number of esters is 1. The zero-order valence-corrected chi connectivity index (χ0v) is 16.2. The third-order valence-electron chi connectivity index (χ3n) is 7.41. The molecule has 6 rings (SSSR count). The van der Waals surface area contributed by atoms with Crippen molar-refractivity contribution in [2.24, 2.45) is 17.3 Å². The van der Waals surface area contributed by atoms with Gasteiger partial charge in [-0.2, -0.15) is 5.10 Å². The van der Waals surface area contributed by atoms with E-state index in [4.69, 9.17) is 4.74 Å². The lowest BCUT2D eigenvalue weighted by Crippen LogP contribution is -2.58. The fourth-order valence-electron chi connectivity index (χ4n) is 6.77. The number of nitrogens with one attached hydrogen (secondary N) is 1. The highest BCUT2D eigenvalue weighted by Gasteiger charge is 2.60. The third-order valence-corrected chi connectivity index (χ3v) is 7.41. The van der Waals surface area contributed by atoms with E-state index in [0.717, 1.165) is 44.9 Å². The zero-order valence-electron chi connectivity index (χ0n) is 16.2. The first kappa shape index (κ1) is 18.2. The molecule has 0 aliphatic heterocycles. The summed E-state index contributed by atoms with van der Waals surface area (Å²) < 4.78 is 7.33. The maximum atomic E-state index is 12.9. The third kappa shape index (κ3) is 3.13. The summed E-state index contributed by atoms with van der Waals surface area (Å²) in [5, 5.41) is 18.0. The minimum absolute atomic E-state index is 0.288. The van der Waals surface area contributed by atoms with E-state index in [2.05, 4.69) is 10.4 Å². The molecule has 4 atom stereocenters. The summed E-state index contributed by atoms with van der Waals surface area (Å²) in [5.41, 5.74) is -1.30. The highest BCUT2D eigenvalue weighted by molar-refractivity contribution is 5.92. The zero-order chi connectivity index (χ0) is 19.4. The van der Waals surface area contributed by atoms with Crippen LogP contribution in [-0.2, 0) is 14.3 Å². The first-order valence-electron chi connectivity index (χ1n) is 10.7. The molecule has 5 aliphatic rings. The molecule has 1 aromatic heterocycles. The number of hydrogen-bond acceptors (Lipinski definition) is 5. The van der Waals surface area contributed by atoms with Gasteiger partial charge in [-0.25, -0.2) is 4.68 Å². The number of hydrogen-bond donors (Lipinski definition) is 2. The molecule has 7 heteroatoms. The number of nitrogens with zero attached hydrogens (tertiary/aromatic N) is 2. The fraction of sp³-hybridized carbons (Fsp3) is 0.762. The highest BCUT2D eigenvalue weighted by atomic mass is 16.5. The summed E-state index contributed by atoms with van der Waals surface area (Å²) in [6.07, 6.45) is 11.0. The molecule has 5 aliphatic carbocycles. The number of ether oxygens (including phenoxy) is 1. The number of carbonyl (C=O) groups excluding carboxylic acids is 2. The minimum atomic E-state index is -0.709. The van der Waals surface area contributed by atoms with Crippen LogP contribution in [0.3, 0.4) is 0 Å². The number of aliphatic hydroxyl groups is 1. The Morgan fingerprint density at radius 1 is 1.21 bits per heavy atom. The molecule has 1 aromatic rings. The van der Waals surface area contributed by atoms with Gasteiger partial charge in [0.2, 0.25) is 0 Å².